The summed E-state index contributed by atoms with van der Waals surface area (Å²) in [5.41, 5.74) is 6.54. The van der Waals surface area contributed by atoms with Gasteiger partial charge < -0.3 is 25.3 Å². The lowest BCUT2D eigenvalue weighted by molar-refractivity contribution is 0.0503. The number of nitrogens with one attached hydrogen (secondary N) is 2. The monoisotopic (exact) mass is 389 g/mol. The number of aromatic nitrogens is 3. The Morgan fingerprint density at radius 1 is 1.36 bits per heavy atom. The van der Waals surface area contributed by atoms with Crippen LogP contribution < -0.4 is 20.5 Å². The van der Waals surface area contributed by atoms with Crippen LogP contribution in [0.15, 0.2) is 18.3 Å². The number of pyridine rings is 1. The van der Waals surface area contributed by atoms with Crippen LogP contribution in [0.3, 0.4) is 0 Å². The molecule has 28 heavy (non-hydrogen) atoms. The van der Waals surface area contributed by atoms with Gasteiger partial charge in [-0.05, 0) is 39.7 Å². The highest BCUT2D eigenvalue weighted by Gasteiger charge is 2.30. The summed E-state index contributed by atoms with van der Waals surface area (Å²) in [5, 5.41) is 9.75. The van der Waals surface area contributed by atoms with Gasteiger partial charge in [0.2, 0.25) is 5.88 Å². The molecule has 2 aromatic heterocycles. The van der Waals surface area contributed by atoms with Crippen LogP contribution in [0.1, 0.15) is 40.0 Å². The van der Waals surface area contributed by atoms with Gasteiger partial charge in [0.1, 0.15) is 28.8 Å². The number of nitrogens with zero attached hydrogens (tertiary/aromatic N) is 2. The molecule has 0 spiro atoms. The summed E-state index contributed by atoms with van der Waals surface area (Å²) in [6.07, 6.45) is 3.49. The predicted octanol–water partition coefficient (Wildman–Crippen LogP) is 2.89. The molecule has 1 saturated carbocycles. The van der Waals surface area contributed by atoms with Crippen molar-refractivity contribution in [3.63, 3.8) is 0 Å². The molecular weight excluding hydrogens is 362 g/mol. The number of methoxy groups -OCH3 is 1. The average Bonchev–Trinajstić information content (AvgIpc) is 3.21. The Balaban J connectivity index is 1.69. The minimum absolute atomic E-state index is 0.00910. The van der Waals surface area contributed by atoms with Gasteiger partial charge in [-0.1, -0.05) is 0 Å². The van der Waals surface area contributed by atoms with Crippen molar-refractivity contribution >= 4 is 11.9 Å². The molecule has 0 bridgehead atoms. The fraction of sp³-hybridized carbons (Fsp3) is 0.526. The highest BCUT2D eigenvalue weighted by atomic mass is 16.6. The molecule has 1 aliphatic rings. The fourth-order valence-electron chi connectivity index (χ4n) is 3.22. The molecule has 0 unspecified atom stereocenters. The van der Waals surface area contributed by atoms with E-state index in [1.54, 1.807) is 25.4 Å². The third-order valence-corrected chi connectivity index (χ3v) is 4.34. The first-order chi connectivity index (χ1) is 13.2. The second kappa shape index (κ2) is 7.95. The van der Waals surface area contributed by atoms with Gasteiger partial charge in [0.05, 0.1) is 12.8 Å². The quantitative estimate of drug-likeness (QED) is 0.718. The van der Waals surface area contributed by atoms with Crippen molar-refractivity contribution in [1.29, 1.82) is 0 Å². The van der Waals surface area contributed by atoms with Crippen LogP contribution in [0.25, 0.3) is 11.3 Å². The molecule has 2 heterocycles. The largest absolute Gasteiger partial charge is 0.489 e. The van der Waals surface area contributed by atoms with E-state index in [0.29, 0.717) is 35.1 Å². The predicted molar refractivity (Wildman–Crippen MR) is 104 cm³/mol. The number of carbonyl (C=O) groups is 1. The van der Waals surface area contributed by atoms with Crippen molar-refractivity contribution in [2.45, 2.75) is 57.8 Å². The maximum absolute atomic E-state index is 12.0. The molecule has 0 aromatic carbocycles. The topological polar surface area (TPSA) is 124 Å². The maximum atomic E-state index is 12.0. The van der Waals surface area contributed by atoms with Crippen LogP contribution in [0.4, 0.5) is 10.6 Å². The minimum Gasteiger partial charge on any atom is -0.489 e. The minimum atomic E-state index is -0.521. The zero-order valence-electron chi connectivity index (χ0n) is 16.6. The summed E-state index contributed by atoms with van der Waals surface area (Å²) in [4.78, 5) is 16.2. The summed E-state index contributed by atoms with van der Waals surface area (Å²) in [5.74, 6) is 1.41. The van der Waals surface area contributed by atoms with Gasteiger partial charge in [0, 0.05) is 24.7 Å². The third-order valence-electron chi connectivity index (χ3n) is 4.34. The van der Waals surface area contributed by atoms with Gasteiger partial charge in [-0.15, -0.1) is 0 Å². The van der Waals surface area contributed by atoms with Crippen molar-refractivity contribution in [3.05, 3.63) is 18.3 Å². The number of H-pyrrole nitrogens is 1. The Kier molecular flexibility index (Phi) is 5.62. The van der Waals surface area contributed by atoms with Crippen molar-refractivity contribution < 1.29 is 19.0 Å². The molecule has 9 nitrogen and oxygen atoms in total. The molecule has 1 fully saturated rings. The van der Waals surface area contributed by atoms with E-state index in [4.69, 9.17) is 19.9 Å². The Labute approximate surface area is 164 Å². The van der Waals surface area contributed by atoms with E-state index in [1.807, 2.05) is 20.8 Å². The van der Waals surface area contributed by atoms with Gasteiger partial charge in [0.15, 0.2) is 0 Å². The number of ether oxygens (including phenoxy) is 3. The highest BCUT2D eigenvalue weighted by molar-refractivity contribution is 5.73. The number of amides is 1. The normalized spacial score (nSPS) is 19.3. The van der Waals surface area contributed by atoms with E-state index in [0.717, 1.165) is 12.8 Å². The van der Waals surface area contributed by atoms with E-state index < -0.39 is 11.7 Å². The standard InChI is InChI=1S/C19H27N5O4/c1-19(2,3)28-18(25)22-11-5-6-12(9-11)27-14-7-8-21-17(26-4)16(14)13-10-15(20)24-23-13/h7-8,10-12H,5-6,9H2,1-4H3,(H,22,25)(H3,20,23,24)/t11-,12+/m0/s1. The van der Waals surface area contributed by atoms with Crippen molar-refractivity contribution in [2.24, 2.45) is 0 Å². The lowest BCUT2D eigenvalue weighted by Crippen LogP contribution is -2.38. The molecule has 3 rings (SSSR count). The SMILES string of the molecule is COc1nccc(O[C@@H]2CC[C@H](NC(=O)OC(C)(C)C)C2)c1-c1cc(N)n[nH]1. The van der Waals surface area contributed by atoms with Crippen molar-refractivity contribution in [2.75, 3.05) is 12.8 Å². The molecule has 152 valence electrons. The average molecular weight is 389 g/mol. The number of rotatable bonds is 5. The molecule has 0 radical (unpaired) electrons. The van der Waals surface area contributed by atoms with Gasteiger partial charge in [-0.2, -0.15) is 5.10 Å². The van der Waals surface area contributed by atoms with Crippen molar-refractivity contribution in [3.8, 4) is 22.9 Å². The number of aromatic amines is 1. The third kappa shape index (κ3) is 4.85. The van der Waals surface area contributed by atoms with Gasteiger partial charge in [-0.3, -0.25) is 5.10 Å². The second-order valence-corrected chi connectivity index (χ2v) is 7.80. The zero-order chi connectivity index (χ0) is 20.3. The first-order valence-electron chi connectivity index (χ1n) is 9.25. The van der Waals surface area contributed by atoms with Gasteiger partial charge in [0.25, 0.3) is 0 Å². The summed E-state index contributed by atoms with van der Waals surface area (Å²) >= 11 is 0. The molecule has 9 heteroatoms. The molecule has 1 aliphatic carbocycles. The number of nitrogens with two attached hydrogens (primary N) is 1. The molecule has 2 atom stereocenters. The summed E-state index contributed by atoms with van der Waals surface area (Å²) < 4.78 is 16.9. The van der Waals surface area contributed by atoms with E-state index in [9.17, 15) is 4.79 Å². The van der Waals surface area contributed by atoms with Gasteiger partial charge >= 0.3 is 6.09 Å². The van der Waals surface area contributed by atoms with Crippen LogP contribution in [-0.4, -0.2) is 46.1 Å². The fourth-order valence-corrected chi connectivity index (χ4v) is 3.22. The van der Waals surface area contributed by atoms with Crippen LogP contribution in [0.5, 0.6) is 11.6 Å². The Morgan fingerprint density at radius 3 is 2.79 bits per heavy atom. The number of carbonyl (C=O) groups excluding carboxylic acids is 1. The van der Waals surface area contributed by atoms with E-state index in [1.165, 1.54) is 0 Å². The van der Waals surface area contributed by atoms with Crippen LogP contribution in [-0.2, 0) is 4.74 Å². The molecule has 1 amide bonds. The number of alkyl carbamates (subject to hydrolysis) is 1. The zero-order valence-corrected chi connectivity index (χ0v) is 16.6. The van der Waals surface area contributed by atoms with Crippen LogP contribution >= 0.6 is 0 Å². The van der Waals surface area contributed by atoms with E-state index in [-0.39, 0.29) is 12.1 Å². The Morgan fingerprint density at radius 2 is 2.14 bits per heavy atom. The lowest BCUT2D eigenvalue weighted by Gasteiger charge is -2.22. The molecule has 4 N–H and O–H groups in total. The van der Waals surface area contributed by atoms with E-state index >= 15 is 0 Å². The van der Waals surface area contributed by atoms with Crippen molar-refractivity contribution in [1.82, 2.24) is 20.5 Å². The smallest absolute Gasteiger partial charge is 0.407 e. The highest BCUT2D eigenvalue weighted by Crippen LogP contribution is 2.38. The second-order valence-electron chi connectivity index (χ2n) is 7.80. The summed E-state index contributed by atoms with van der Waals surface area (Å²) in [6, 6.07) is 3.49. The summed E-state index contributed by atoms with van der Waals surface area (Å²) in [7, 11) is 1.55. The molecule has 0 saturated heterocycles. The van der Waals surface area contributed by atoms with Crippen LogP contribution in [0.2, 0.25) is 0 Å². The first kappa shape index (κ1) is 19.8. The number of anilines is 1. The number of nitrogen functional groups attached to an aromatic ring is 1. The molecular formula is C19H27N5O4. The number of hydrogen-bond donors (Lipinski definition) is 3. The maximum Gasteiger partial charge on any atom is 0.407 e. The first-order valence-corrected chi connectivity index (χ1v) is 9.25. The van der Waals surface area contributed by atoms with Gasteiger partial charge in [-0.25, -0.2) is 9.78 Å². The number of hydrogen-bond acceptors (Lipinski definition) is 7. The molecule has 0 aliphatic heterocycles. The Hall–Kier alpha value is -2.97. The Bertz CT molecular complexity index is 830. The van der Waals surface area contributed by atoms with Crippen LogP contribution in [0, 0.1) is 0 Å². The van der Waals surface area contributed by atoms with E-state index in [2.05, 4.69) is 20.5 Å². The summed E-state index contributed by atoms with van der Waals surface area (Å²) in [6.45, 7) is 5.52. The molecule has 2 aromatic rings. The lowest BCUT2D eigenvalue weighted by atomic mass is 10.1.